The van der Waals surface area contributed by atoms with E-state index in [9.17, 15) is 10.1 Å². The summed E-state index contributed by atoms with van der Waals surface area (Å²) in [6.07, 6.45) is 9.37. The molecule has 0 saturated heterocycles. The SMILES string of the molecule is CS/C(=C\[N+](=O)[O-])NCC1CCCCC1. The summed E-state index contributed by atoms with van der Waals surface area (Å²) in [4.78, 5) is 9.89. The van der Waals surface area contributed by atoms with Gasteiger partial charge in [-0.2, -0.15) is 0 Å². The van der Waals surface area contributed by atoms with Crippen molar-refractivity contribution in [1.82, 2.24) is 5.32 Å². The fourth-order valence-corrected chi connectivity index (χ4v) is 2.32. The average Bonchev–Trinajstić information content (AvgIpc) is 2.25. The number of nitro groups is 1. The van der Waals surface area contributed by atoms with Crippen molar-refractivity contribution in [3.8, 4) is 0 Å². The van der Waals surface area contributed by atoms with E-state index in [1.807, 2.05) is 6.26 Å². The van der Waals surface area contributed by atoms with Crippen LogP contribution in [0.2, 0.25) is 0 Å². The third kappa shape index (κ3) is 5.06. The van der Waals surface area contributed by atoms with Crippen LogP contribution in [0.3, 0.4) is 0 Å². The van der Waals surface area contributed by atoms with Gasteiger partial charge in [0, 0.05) is 6.54 Å². The molecule has 1 fully saturated rings. The van der Waals surface area contributed by atoms with Crippen molar-refractivity contribution in [1.29, 1.82) is 0 Å². The van der Waals surface area contributed by atoms with Crippen LogP contribution in [-0.2, 0) is 0 Å². The monoisotopic (exact) mass is 230 g/mol. The van der Waals surface area contributed by atoms with Gasteiger partial charge in [-0.3, -0.25) is 10.1 Å². The fourth-order valence-electron chi connectivity index (χ4n) is 1.90. The molecular weight excluding hydrogens is 212 g/mol. The van der Waals surface area contributed by atoms with Crippen molar-refractivity contribution >= 4 is 11.8 Å². The Morgan fingerprint density at radius 3 is 2.73 bits per heavy atom. The summed E-state index contributed by atoms with van der Waals surface area (Å²) in [7, 11) is 0. The molecule has 1 aliphatic carbocycles. The zero-order valence-electron chi connectivity index (χ0n) is 9.07. The first kappa shape index (κ1) is 12.4. The van der Waals surface area contributed by atoms with Crippen molar-refractivity contribution < 1.29 is 4.92 Å². The van der Waals surface area contributed by atoms with Crippen molar-refractivity contribution in [3.05, 3.63) is 21.3 Å². The lowest BCUT2D eigenvalue weighted by atomic mass is 9.89. The second kappa shape index (κ2) is 6.71. The third-order valence-corrected chi connectivity index (χ3v) is 3.42. The van der Waals surface area contributed by atoms with Gasteiger partial charge in [0.15, 0.2) is 0 Å². The summed E-state index contributed by atoms with van der Waals surface area (Å²) in [5, 5.41) is 14.1. The Hall–Kier alpha value is -0.710. The zero-order chi connectivity index (χ0) is 11.1. The van der Waals surface area contributed by atoms with E-state index in [1.54, 1.807) is 0 Å². The lowest BCUT2D eigenvalue weighted by Gasteiger charge is -2.22. The minimum atomic E-state index is -0.403. The van der Waals surface area contributed by atoms with Crippen molar-refractivity contribution in [2.45, 2.75) is 32.1 Å². The molecule has 0 bridgehead atoms. The Morgan fingerprint density at radius 2 is 2.20 bits per heavy atom. The van der Waals surface area contributed by atoms with Gasteiger partial charge in [0.25, 0.3) is 6.20 Å². The molecule has 0 atom stereocenters. The van der Waals surface area contributed by atoms with Crippen molar-refractivity contribution in [2.24, 2.45) is 5.92 Å². The molecule has 0 unspecified atom stereocenters. The first-order valence-corrected chi connectivity index (χ1v) is 6.58. The van der Waals surface area contributed by atoms with Gasteiger partial charge in [0.05, 0.1) is 4.92 Å². The Bertz CT molecular complexity index is 238. The smallest absolute Gasteiger partial charge is 0.263 e. The van der Waals surface area contributed by atoms with E-state index in [1.165, 1.54) is 43.9 Å². The quantitative estimate of drug-likeness (QED) is 0.582. The lowest BCUT2D eigenvalue weighted by Crippen LogP contribution is -2.23. The zero-order valence-corrected chi connectivity index (χ0v) is 9.89. The second-order valence-corrected chi connectivity index (χ2v) is 4.72. The normalized spacial score (nSPS) is 18.9. The number of nitrogens with one attached hydrogen (secondary N) is 1. The van der Waals surface area contributed by atoms with Crippen LogP contribution in [0.4, 0.5) is 0 Å². The summed E-state index contributed by atoms with van der Waals surface area (Å²) < 4.78 is 0. The topological polar surface area (TPSA) is 55.2 Å². The fraction of sp³-hybridized carbons (Fsp3) is 0.800. The molecule has 1 N–H and O–H groups in total. The average molecular weight is 230 g/mol. The van der Waals surface area contributed by atoms with Crippen LogP contribution in [0.5, 0.6) is 0 Å². The highest BCUT2D eigenvalue weighted by molar-refractivity contribution is 8.02. The first-order valence-electron chi connectivity index (χ1n) is 5.35. The Kier molecular flexibility index (Phi) is 5.53. The van der Waals surface area contributed by atoms with E-state index < -0.39 is 4.92 Å². The summed E-state index contributed by atoms with van der Waals surface area (Å²) in [5.41, 5.74) is 0. The molecule has 0 radical (unpaired) electrons. The number of nitrogens with zero attached hydrogens (tertiary/aromatic N) is 1. The number of thioether (sulfide) groups is 1. The Morgan fingerprint density at radius 1 is 1.53 bits per heavy atom. The maximum Gasteiger partial charge on any atom is 0.263 e. The number of hydrogen-bond donors (Lipinski definition) is 1. The van der Waals surface area contributed by atoms with Crippen LogP contribution in [0, 0.1) is 16.0 Å². The molecule has 1 rings (SSSR count). The lowest BCUT2D eigenvalue weighted by molar-refractivity contribution is -0.403. The highest BCUT2D eigenvalue weighted by atomic mass is 32.2. The second-order valence-electron chi connectivity index (χ2n) is 3.87. The predicted octanol–water partition coefficient (Wildman–Crippen LogP) is 2.59. The van der Waals surface area contributed by atoms with Gasteiger partial charge in [-0.05, 0) is 25.0 Å². The van der Waals surface area contributed by atoms with Crippen LogP contribution in [-0.4, -0.2) is 17.7 Å². The van der Waals surface area contributed by atoms with Crippen LogP contribution < -0.4 is 5.32 Å². The highest BCUT2D eigenvalue weighted by Gasteiger charge is 2.13. The van der Waals surface area contributed by atoms with E-state index in [0.29, 0.717) is 10.9 Å². The molecule has 0 heterocycles. The van der Waals surface area contributed by atoms with Gasteiger partial charge >= 0.3 is 0 Å². The van der Waals surface area contributed by atoms with Gasteiger partial charge in [-0.25, -0.2) is 0 Å². The van der Waals surface area contributed by atoms with Gasteiger partial charge in [-0.15, -0.1) is 11.8 Å². The molecule has 4 nitrogen and oxygen atoms in total. The van der Waals surface area contributed by atoms with E-state index in [-0.39, 0.29) is 0 Å². The standard InChI is InChI=1S/C10H18N2O2S/c1-15-10(8-12(13)14)11-7-9-5-3-2-4-6-9/h8-9,11H,2-7H2,1H3/b10-8-. The van der Waals surface area contributed by atoms with E-state index in [2.05, 4.69) is 5.32 Å². The maximum atomic E-state index is 10.3. The largest absolute Gasteiger partial charge is 0.375 e. The summed E-state index contributed by atoms with van der Waals surface area (Å²) in [6.45, 7) is 0.876. The minimum Gasteiger partial charge on any atom is -0.375 e. The molecule has 0 aromatic rings. The molecule has 0 spiro atoms. The number of hydrogen-bond acceptors (Lipinski definition) is 4. The van der Waals surface area contributed by atoms with E-state index >= 15 is 0 Å². The van der Waals surface area contributed by atoms with Crippen molar-refractivity contribution in [3.63, 3.8) is 0 Å². The highest BCUT2D eigenvalue weighted by Crippen LogP contribution is 2.23. The van der Waals surface area contributed by atoms with Gasteiger partial charge in [0.1, 0.15) is 5.03 Å². The molecule has 0 aromatic carbocycles. The third-order valence-electron chi connectivity index (χ3n) is 2.73. The van der Waals surface area contributed by atoms with Crippen molar-refractivity contribution in [2.75, 3.05) is 12.8 Å². The molecule has 0 amide bonds. The molecule has 0 aliphatic heterocycles. The molecule has 15 heavy (non-hydrogen) atoms. The molecule has 86 valence electrons. The van der Waals surface area contributed by atoms with Crippen LogP contribution in [0.1, 0.15) is 32.1 Å². The molecular formula is C10H18N2O2S. The summed E-state index contributed by atoms with van der Waals surface area (Å²) in [5.74, 6) is 0.695. The summed E-state index contributed by atoms with van der Waals surface area (Å²) in [6, 6.07) is 0. The molecule has 5 heteroatoms. The Balaban J connectivity index is 2.29. The molecule has 1 aliphatic rings. The number of rotatable bonds is 5. The van der Waals surface area contributed by atoms with Gasteiger partial charge in [0.2, 0.25) is 0 Å². The van der Waals surface area contributed by atoms with Gasteiger partial charge in [-0.1, -0.05) is 19.3 Å². The maximum absolute atomic E-state index is 10.3. The minimum absolute atomic E-state index is 0.403. The van der Waals surface area contributed by atoms with Crippen LogP contribution in [0.25, 0.3) is 0 Å². The van der Waals surface area contributed by atoms with Crippen LogP contribution in [0.15, 0.2) is 11.2 Å². The molecule has 1 saturated carbocycles. The van der Waals surface area contributed by atoms with E-state index in [0.717, 1.165) is 12.7 Å². The first-order chi connectivity index (χ1) is 7.22. The van der Waals surface area contributed by atoms with Gasteiger partial charge < -0.3 is 5.32 Å². The summed E-state index contributed by atoms with van der Waals surface area (Å²) >= 11 is 1.40. The van der Waals surface area contributed by atoms with E-state index in [4.69, 9.17) is 0 Å². The van der Waals surface area contributed by atoms with Crippen LogP contribution >= 0.6 is 11.8 Å². The predicted molar refractivity (Wildman–Crippen MR) is 63.2 cm³/mol. The molecule has 0 aromatic heterocycles. The Labute approximate surface area is 94.7 Å².